The number of thiophene rings is 1. The van der Waals surface area contributed by atoms with Crippen LogP contribution in [0.2, 0.25) is 0 Å². The van der Waals surface area contributed by atoms with Gasteiger partial charge in [-0.1, -0.05) is 6.07 Å². The Labute approximate surface area is 127 Å². The van der Waals surface area contributed by atoms with Crippen LogP contribution < -0.4 is 14.9 Å². The van der Waals surface area contributed by atoms with E-state index in [1.54, 1.807) is 36.6 Å². The second kappa shape index (κ2) is 6.90. The third-order valence-corrected chi connectivity index (χ3v) is 3.83. The summed E-state index contributed by atoms with van der Waals surface area (Å²) in [6.45, 7) is 1.85. The van der Waals surface area contributed by atoms with Gasteiger partial charge in [0.25, 0.3) is 5.91 Å². The summed E-state index contributed by atoms with van der Waals surface area (Å²) in [4.78, 5) is 13.1. The monoisotopic (exact) mass is 304 g/mol. The average molecular weight is 304 g/mol. The van der Waals surface area contributed by atoms with Crippen LogP contribution in [0.1, 0.15) is 22.2 Å². The van der Waals surface area contributed by atoms with Gasteiger partial charge in [0.05, 0.1) is 19.9 Å². The van der Waals surface area contributed by atoms with Crippen LogP contribution in [0.4, 0.5) is 0 Å². The van der Waals surface area contributed by atoms with Crippen molar-refractivity contribution in [3.63, 3.8) is 0 Å². The van der Waals surface area contributed by atoms with E-state index in [2.05, 4.69) is 10.5 Å². The number of methoxy groups -OCH3 is 2. The van der Waals surface area contributed by atoms with Gasteiger partial charge in [-0.05, 0) is 36.6 Å². The van der Waals surface area contributed by atoms with Crippen molar-refractivity contribution in [3.8, 4) is 11.5 Å². The van der Waals surface area contributed by atoms with Crippen molar-refractivity contribution in [1.29, 1.82) is 0 Å². The number of carbonyl (C=O) groups is 1. The van der Waals surface area contributed by atoms with Crippen molar-refractivity contribution in [3.05, 3.63) is 46.2 Å². The second-order valence-corrected chi connectivity index (χ2v) is 5.13. The summed E-state index contributed by atoms with van der Waals surface area (Å²) in [5, 5.41) is 6.06. The van der Waals surface area contributed by atoms with Crippen LogP contribution >= 0.6 is 11.3 Å². The highest BCUT2D eigenvalue weighted by atomic mass is 32.1. The van der Waals surface area contributed by atoms with Gasteiger partial charge in [0.2, 0.25) is 0 Å². The Morgan fingerprint density at radius 3 is 2.57 bits per heavy atom. The molecule has 0 unspecified atom stereocenters. The number of hydrazone groups is 1. The van der Waals surface area contributed by atoms with E-state index in [-0.39, 0.29) is 5.91 Å². The van der Waals surface area contributed by atoms with E-state index in [1.165, 1.54) is 7.11 Å². The van der Waals surface area contributed by atoms with Crippen LogP contribution in [0.15, 0.2) is 40.8 Å². The van der Waals surface area contributed by atoms with Crippen LogP contribution in [0.25, 0.3) is 0 Å². The van der Waals surface area contributed by atoms with Gasteiger partial charge in [0, 0.05) is 10.4 Å². The number of amides is 1. The van der Waals surface area contributed by atoms with Gasteiger partial charge in [-0.3, -0.25) is 4.79 Å². The van der Waals surface area contributed by atoms with E-state index in [1.807, 2.05) is 24.4 Å². The summed E-state index contributed by atoms with van der Waals surface area (Å²) in [5.74, 6) is 0.781. The molecule has 2 rings (SSSR count). The number of rotatable bonds is 5. The summed E-state index contributed by atoms with van der Waals surface area (Å²) in [6, 6.07) is 8.85. The van der Waals surface area contributed by atoms with Crippen LogP contribution in [-0.2, 0) is 0 Å². The van der Waals surface area contributed by atoms with Gasteiger partial charge < -0.3 is 9.47 Å². The SMILES string of the molecule is COc1ccc(C(=O)N/N=C(/C)c2cccs2)cc1OC. The van der Waals surface area contributed by atoms with Gasteiger partial charge in [0.15, 0.2) is 11.5 Å². The number of nitrogens with zero attached hydrogens (tertiary/aromatic N) is 1. The molecule has 110 valence electrons. The molecular formula is C15H16N2O3S. The molecule has 21 heavy (non-hydrogen) atoms. The minimum Gasteiger partial charge on any atom is -0.493 e. The van der Waals surface area contributed by atoms with Crippen molar-refractivity contribution in [2.75, 3.05) is 14.2 Å². The molecule has 0 aliphatic heterocycles. The fourth-order valence-corrected chi connectivity index (χ4v) is 2.39. The molecule has 0 aliphatic rings. The Morgan fingerprint density at radius 1 is 1.19 bits per heavy atom. The topological polar surface area (TPSA) is 59.9 Å². The van der Waals surface area contributed by atoms with Crippen LogP contribution in [0, 0.1) is 0 Å². The van der Waals surface area contributed by atoms with Gasteiger partial charge in [0.1, 0.15) is 0 Å². The number of ether oxygens (including phenoxy) is 2. The maximum Gasteiger partial charge on any atom is 0.271 e. The van der Waals surface area contributed by atoms with Crippen LogP contribution in [-0.4, -0.2) is 25.8 Å². The molecule has 1 heterocycles. The molecule has 0 saturated carbocycles. The fourth-order valence-electron chi connectivity index (χ4n) is 1.72. The zero-order chi connectivity index (χ0) is 15.2. The van der Waals surface area contributed by atoms with Crippen molar-refractivity contribution in [2.24, 2.45) is 5.10 Å². The minimum absolute atomic E-state index is 0.299. The Bertz CT molecular complexity index is 651. The Balaban J connectivity index is 2.12. The summed E-state index contributed by atoms with van der Waals surface area (Å²) in [7, 11) is 3.07. The van der Waals surface area contributed by atoms with Crippen LogP contribution in [0.5, 0.6) is 11.5 Å². The summed E-state index contributed by atoms with van der Waals surface area (Å²) < 4.78 is 10.3. The lowest BCUT2D eigenvalue weighted by Gasteiger charge is -2.08. The summed E-state index contributed by atoms with van der Waals surface area (Å²) in [5.41, 5.74) is 3.75. The Kier molecular flexibility index (Phi) is 4.94. The van der Waals surface area contributed by atoms with E-state index < -0.39 is 0 Å². The molecule has 5 nitrogen and oxygen atoms in total. The highest BCUT2D eigenvalue weighted by Crippen LogP contribution is 2.27. The van der Waals surface area contributed by atoms with Gasteiger partial charge in [-0.25, -0.2) is 5.43 Å². The van der Waals surface area contributed by atoms with Crippen molar-refractivity contribution in [1.82, 2.24) is 5.43 Å². The maximum absolute atomic E-state index is 12.1. The molecule has 1 N–H and O–H groups in total. The standard InChI is InChI=1S/C15H16N2O3S/c1-10(14-5-4-8-21-14)16-17-15(18)11-6-7-12(19-2)13(9-11)20-3/h4-9H,1-3H3,(H,17,18)/b16-10-. The Hall–Kier alpha value is -2.34. The summed E-state index contributed by atoms with van der Waals surface area (Å²) in [6.07, 6.45) is 0. The molecule has 0 bridgehead atoms. The van der Waals surface area contributed by atoms with Crippen LogP contribution in [0.3, 0.4) is 0 Å². The molecular weight excluding hydrogens is 288 g/mol. The lowest BCUT2D eigenvalue weighted by Crippen LogP contribution is -2.19. The first-order valence-electron chi connectivity index (χ1n) is 6.26. The third kappa shape index (κ3) is 3.61. The van der Waals surface area contributed by atoms with E-state index in [0.29, 0.717) is 17.1 Å². The maximum atomic E-state index is 12.1. The molecule has 0 saturated heterocycles. The van der Waals surface area contributed by atoms with Gasteiger partial charge in [-0.15, -0.1) is 11.3 Å². The average Bonchev–Trinajstić information content (AvgIpc) is 3.06. The first kappa shape index (κ1) is 15.1. The van der Waals surface area contributed by atoms with Gasteiger partial charge >= 0.3 is 0 Å². The zero-order valence-corrected chi connectivity index (χ0v) is 12.9. The molecule has 6 heteroatoms. The molecule has 1 aromatic carbocycles. The van der Waals surface area contributed by atoms with Crippen molar-refractivity contribution >= 4 is 23.0 Å². The number of benzene rings is 1. The first-order chi connectivity index (χ1) is 10.2. The molecule has 0 spiro atoms. The predicted octanol–water partition coefficient (Wildman–Crippen LogP) is 2.92. The number of carbonyl (C=O) groups excluding carboxylic acids is 1. The van der Waals surface area contributed by atoms with E-state index in [9.17, 15) is 4.79 Å². The molecule has 0 aliphatic carbocycles. The number of nitrogens with one attached hydrogen (secondary N) is 1. The normalized spacial score (nSPS) is 11.1. The molecule has 1 amide bonds. The number of hydrogen-bond acceptors (Lipinski definition) is 5. The zero-order valence-electron chi connectivity index (χ0n) is 12.0. The van der Waals surface area contributed by atoms with Crippen molar-refractivity contribution < 1.29 is 14.3 Å². The molecule has 2 aromatic rings. The first-order valence-corrected chi connectivity index (χ1v) is 7.14. The van der Waals surface area contributed by atoms with Gasteiger partial charge in [-0.2, -0.15) is 5.10 Å². The molecule has 0 radical (unpaired) electrons. The third-order valence-electron chi connectivity index (χ3n) is 2.85. The lowest BCUT2D eigenvalue weighted by molar-refractivity contribution is 0.0954. The van der Waals surface area contributed by atoms with E-state index in [4.69, 9.17) is 9.47 Å². The minimum atomic E-state index is -0.299. The highest BCUT2D eigenvalue weighted by molar-refractivity contribution is 7.12. The highest BCUT2D eigenvalue weighted by Gasteiger charge is 2.10. The molecule has 0 fully saturated rings. The smallest absolute Gasteiger partial charge is 0.271 e. The van der Waals surface area contributed by atoms with Crippen molar-refractivity contribution in [2.45, 2.75) is 6.92 Å². The number of hydrogen-bond donors (Lipinski definition) is 1. The van der Waals surface area contributed by atoms with E-state index in [0.717, 1.165) is 10.6 Å². The second-order valence-electron chi connectivity index (χ2n) is 4.19. The quantitative estimate of drug-likeness (QED) is 0.682. The summed E-state index contributed by atoms with van der Waals surface area (Å²) >= 11 is 1.57. The molecule has 1 aromatic heterocycles. The predicted molar refractivity (Wildman–Crippen MR) is 83.5 cm³/mol. The fraction of sp³-hybridized carbons (Fsp3) is 0.200. The Morgan fingerprint density at radius 2 is 1.95 bits per heavy atom. The van der Waals surface area contributed by atoms with E-state index >= 15 is 0 Å². The lowest BCUT2D eigenvalue weighted by atomic mass is 10.2. The largest absolute Gasteiger partial charge is 0.493 e. The molecule has 0 atom stereocenters.